The maximum absolute atomic E-state index is 12.7. The third kappa shape index (κ3) is 5.17. The van der Waals surface area contributed by atoms with E-state index in [9.17, 15) is 13.2 Å². The van der Waals surface area contributed by atoms with Gasteiger partial charge in [0.1, 0.15) is 0 Å². The summed E-state index contributed by atoms with van der Waals surface area (Å²) in [5.41, 5.74) is 0.669. The minimum absolute atomic E-state index is 0.0418. The number of carbonyl (C=O) groups is 1. The first-order chi connectivity index (χ1) is 14.1. The normalized spacial score (nSPS) is 16.4. The predicted octanol–water partition coefficient (Wildman–Crippen LogP) is 4.49. The molecular weight excluding hydrogens is 443 g/mol. The molecule has 0 saturated carbocycles. The Labute approximate surface area is 188 Å². The lowest BCUT2D eigenvalue weighted by molar-refractivity contribution is -0.126. The van der Waals surface area contributed by atoms with Crippen LogP contribution < -0.4 is 5.32 Å². The first kappa shape index (κ1) is 23.1. The number of amides is 1. The van der Waals surface area contributed by atoms with Crippen molar-refractivity contribution < 1.29 is 13.2 Å². The van der Waals surface area contributed by atoms with Crippen molar-refractivity contribution in [1.29, 1.82) is 0 Å². The van der Waals surface area contributed by atoms with Crippen molar-refractivity contribution in [3.8, 4) is 0 Å². The fourth-order valence-corrected chi connectivity index (χ4v) is 5.36. The van der Waals surface area contributed by atoms with Gasteiger partial charge in [0, 0.05) is 31.0 Å². The Morgan fingerprint density at radius 3 is 2.30 bits per heavy atom. The maximum atomic E-state index is 12.7. The molecule has 0 unspecified atom stereocenters. The van der Waals surface area contributed by atoms with Gasteiger partial charge < -0.3 is 5.32 Å². The van der Waals surface area contributed by atoms with Gasteiger partial charge in [0.15, 0.2) is 0 Å². The van der Waals surface area contributed by atoms with Crippen molar-refractivity contribution in [1.82, 2.24) is 9.62 Å². The molecule has 0 spiro atoms. The Hall–Kier alpha value is -1.60. The summed E-state index contributed by atoms with van der Waals surface area (Å²) in [6.07, 6.45) is 1.01. The topological polar surface area (TPSA) is 66.5 Å². The number of rotatable bonds is 6. The van der Waals surface area contributed by atoms with Gasteiger partial charge in [-0.25, -0.2) is 8.42 Å². The number of benzene rings is 2. The summed E-state index contributed by atoms with van der Waals surface area (Å²) in [6, 6.07) is 13.9. The van der Waals surface area contributed by atoms with Crippen molar-refractivity contribution in [2.24, 2.45) is 5.92 Å². The molecule has 1 fully saturated rings. The van der Waals surface area contributed by atoms with E-state index in [1.807, 2.05) is 26.0 Å². The second kappa shape index (κ2) is 9.27. The lowest BCUT2D eigenvalue weighted by atomic mass is 9.84. The van der Waals surface area contributed by atoms with Gasteiger partial charge in [0.25, 0.3) is 0 Å². The lowest BCUT2D eigenvalue weighted by Gasteiger charge is -2.32. The van der Waals surface area contributed by atoms with Gasteiger partial charge >= 0.3 is 0 Å². The highest BCUT2D eigenvalue weighted by Crippen LogP contribution is 2.30. The number of hydrogen-bond acceptors (Lipinski definition) is 3. The van der Waals surface area contributed by atoms with E-state index in [1.165, 1.54) is 4.31 Å². The van der Waals surface area contributed by atoms with Crippen molar-refractivity contribution in [2.45, 2.75) is 37.0 Å². The first-order valence-corrected chi connectivity index (χ1v) is 12.1. The molecule has 1 amide bonds. The summed E-state index contributed by atoms with van der Waals surface area (Å²) in [6.45, 7) is 5.19. The fraction of sp³-hybridized carbons (Fsp3) is 0.409. The predicted molar refractivity (Wildman–Crippen MR) is 120 cm³/mol. The van der Waals surface area contributed by atoms with Gasteiger partial charge in [0.2, 0.25) is 15.9 Å². The number of nitrogens with one attached hydrogen (secondary N) is 1. The summed E-state index contributed by atoms with van der Waals surface area (Å²) in [7, 11) is -3.51. The minimum atomic E-state index is -3.51. The maximum Gasteiger partial charge on any atom is 0.243 e. The van der Waals surface area contributed by atoms with E-state index in [-0.39, 0.29) is 22.1 Å². The van der Waals surface area contributed by atoms with E-state index >= 15 is 0 Å². The van der Waals surface area contributed by atoms with Crippen molar-refractivity contribution in [3.05, 3.63) is 64.1 Å². The van der Waals surface area contributed by atoms with E-state index in [2.05, 4.69) is 5.32 Å². The van der Waals surface area contributed by atoms with Gasteiger partial charge in [0.05, 0.1) is 14.9 Å². The van der Waals surface area contributed by atoms with Crippen molar-refractivity contribution >= 4 is 39.1 Å². The molecule has 0 atom stereocenters. The Balaban J connectivity index is 1.56. The molecule has 1 N–H and O–H groups in total. The molecule has 0 radical (unpaired) electrons. The molecule has 1 aliphatic heterocycles. The van der Waals surface area contributed by atoms with Crippen LogP contribution in [0.15, 0.2) is 53.4 Å². The molecule has 1 heterocycles. The molecule has 0 bridgehead atoms. The van der Waals surface area contributed by atoms with Crippen molar-refractivity contribution in [3.63, 3.8) is 0 Å². The zero-order valence-electron chi connectivity index (χ0n) is 17.1. The van der Waals surface area contributed by atoms with Crippen LogP contribution in [0.1, 0.15) is 32.3 Å². The Morgan fingerprint density at radius 2 is 1.70 bits per heavy atom. The van der Waals surface area contributed by atoms with Crippen LogP contribution >= 0.6 is 23.2 Å². The molecule has 5 nitrogen and oxygen atoms in total. The van der Waals surface area contributed by atoms with Gasteiger partial charge in [-0.2, -0.15) is 4.31 Å². The molecule has 1 aliphatic rings. The first-order valence-electron chi connectivity index (χ1n) is 9.90. The molecule has 0 aliphatic carbocycles. The van der Waals surface area contributed by atoms with Gasteiger partial charge in [-0.3, -0.25) is 4.79 Å². The third-order valence-corrected chi connectivity index (χ3v) is 8.26. The van der Waals surface area contributed by atoms with E-state index in [1.54, 1.807) is 36.4 Å². The molecular formula is C22H26Cl2N2O3S. The summed E-state index contributed by atoms with van der Waals surface area (Å²) in [5.74, 6) is -0.239. The van der Waals surface area contributed by atoms with Crippen LogP contribution in [0.2, 0.25) is 10.0 Å². The highest BCUT2D eigenvalue weighted by atomic mass is 35.5. The fourth-order valence-electron chi connectivity index (χ4n) is 3.57. The largest absolute Gasteiger partial charge is 0.355 e. The van der Waals surface area contributed by atoms with E-state index in [0.29, 0.717) is 42.5 Å². The minimum Gasteiger partial charge on any atom is -0.355 e. The van der Waals surface area contributed by atoms with Gasteiger partial charge in [-0.15, -0.1) is 0 Å². The average molecular weight is 469 g/mol. The van der Waals surface area contributed by atoms with Crippen LogP contribution in [0.5, 0.6) is 0 Å². The number of piperidine rings is 1. The quantitative estimate of drug-likeness (QED) is 0.678. The molecule has 0 aromatic heterocycles. The van der Waals surface area contributed by atoms with E-state index in [0.717, 1.165) is 5.56 Å². The molecule has 8 heteroatoms. The zero-order chi connectivity index (χ0) is 21.9. The molecule has 2 aromatic rings. The molecule has 3 rings (SSSR count). The van der Waals surface area contributed by atoms with Crippen LogP contribution in [-0.2, 0) is 20.2 Å². The van der Waals surface area contributed by atoms with Crippen LogP contribution in [0.4, 0.5) is 0 Å². The molecule has 2 aromatic carbocycles. The molecule has 162 valence electrons. The Bertz CT molecular complexity index is 1000. The number of sulfonamides is 1. The second-order valence-electron chi connectivity index (χ2n) is 8.22. The average Bonchev–Trinajstić information content (AvgIpc) is 2.74. The monoisotopic (exact) mass is 468 g/mol. The number of hydrogen-bond donors (Lipinski definition) is 1. The summed E-state index contributed by atoms with van der Waals surface area (Å²) >= 11 is 12.1. The Morgan fingerprint density at radius 1 is 1.07 bits per heavy atom. The number of nitrogens with zero attached hydrogens (tertiary/aromatic N) is 1. The zero-order valence-corrected chi connectivity index (χ0v) is 19.4. The molecule has 1 saturated heterocycles. The second-order valence-corrected chi connectivity index (χ2v) is 11.0. The standard InChI is InChI=1S/C22H26Cl2N2O3S/c1-22(2,17-8-9-19(23)20(24)14-17)15-25-21(27)16-10-12-26(13-11-16)30(28,29)18-6-4-3-5-7-18/h3-9,14,16H,10-13,15H2,1-2H3,(H,25,27). The van der Waals surface area contributed by atoms with Crippen LogP contribution in [-0.4, -0.2) is 38.3 Å². The SMILES string of the molecule is CC(C)(CNC(=O)C1CCN(S(=O)(=O)c2ccccc2)CC1)c1ccc(Cl)c(Cl)c1. The highest BCUT2D eigenvalue weighted by Gasteiger charge is 2.32. The highest BCUT2D eigenvalue weighted by molar-refractivity contribution is 7.89. The number of halogens is 2. The van der Waals surface area contributed by atoms with Crippen LogP contribution in [0.3, 0.4) is 0 Å². The summed E-state index contributed by atoms with van der Waals surface area (Å²) in [5, 5.41) is 4.01. The third-order valence-electron chi connectivity index (χ3n) is 5.61. The van der Waals surface area contributed by atoms with Crippen molar-refractivity contribution in [2.75, 3.05) is 19.6 Å². The van der Waals surface area contributed by atoms with E-state index < -0.39 is 10.0 Å². The van der Waals surface area contributed by atoms with E-state index in [4.69, 9.17) is 23.2 Å². The molecule has 30 heavy (non-hydrogen) atoms. The summed E-state index contributed by atoms with van der Waals surface area (Å²) < 4.78 is 26.9. The van der Waals surface area contributed by atoms with Gasteiger partial charge in [-0.1, -0.05) is 61.3 Å². The lowest BCUT2D eigenvalue weighted by Crippen LogP contribution is -2.45. The summed E-state index contributed by atoms with van der Waals surface area (Å²) in [4.78, 5) is 13.0. The van der Waals surface area contributed by atoms with Gasteiger partial charge in [-0.05, 0) is 42.7 Å². The smallest absolute Gasteiger partial charge is 0.243 e. The van der Waals surface area contributed by atoms with Crippen LogP contribution in [0.25, 0.3) is 0 Å². The number of carbonyl (C=O) groups excluding carboxylic acids is 1. The van der Waals surface area contributed by atoms with Crippen LogP contribution in [0, 0.1) is 5.92 Å². The Kier molecular flexibility index (Phi) is 7.13.